The Labute approximate surface area is 157 Å². The second-order valence-electron chi connectivity index (χ2n) is 7.93. The van der Waals surface area contributed by atoms with Gasteiger partial charge in [-0.2, -0.15) is 0 Å². The number of nitrogens with zero attached hydrogens (tertiary/aromatic N) is 1. The Morgan fingerprint density at radius 2 is 1.77 bits per heavy atom. The number of piperidine rings is 1. The first-order valence-electron chi connectivity index (χ1n) is 10.00. The lowest BCUT2D eigenvalue weighted by atomic mass is 9.94. The topological polar surface area (TPSA) is 72.8 Å². The minimum Gasteiger partial charge on any atom is -0.323 e. The van der Waals surface area contributed by atoms with Crippen molar-refractivity contribution in [2.75, 3.05) is 19.6 Å². The highest BCUT2D eigenvalue weighted by Gasteiger charge is 2.49. The molecule has 1 aliphatic heterocycles. The zero-order valence-electron chi connectivity index (χ0n) is 16.0. The molecule has 0 aromatic heterocycles. The molecule has 0 amide bonds. The van der Waals surface area contributed by atoms with Gasteiger partial charge in [-0.25, -0.2) is 0 Å². The Hall–Kier alpha value is -0.710. The van der Waals surface area contributed by atoms with Crippen LogP contribution < -0.4 is 5.32 Å². The van der Waals surface area contributed by atoms with Crippen molar-refractivity contribution < 1.29 is 14.4 Å². The van der Waals surface area contributed by atoms with Crippen LogP contribution in [0.1, 0.15) is 57.4 Å². The molecule has 1 aromatic carbocycles. The van der Waals surface area contributed by atoms with Crippen LogP contribution in [0.4, 0.5) is 0 Å². The van der Waals surface area contributed by atoms with Crippen LogP contribution >= 0.6 is 7.60 Å². The van der Waals surface area contributed by atoms with E-state index >= 15 is 0 Å². The van der Waals surface area contributed by atoms with Gasteiger partial charge in [0.05, 0.1) is 0 Å². The number of likely N-dealkylation sites (tertiary alicyclic amines) is 1. The molecule has 0 spiro atoms. The molecule has 2 fully saturated rings. The highest BCUT2D eigenvalue weighted by Crippen LogP contribution is 2.57. The van der Waals surface area contributed by atoms with E-state index in [2.05, 4.69) is 40.5 Å². The van der Waals surface area contributed by atoms with Crippen LogP contribution in [-0.2, 0) is 4.57 Å². The van der Waals surface area contributed by atoms with E-state index in [1.54, 1.807) is 0 Å². The number of nitrogens with one attached hydrogen (secondary N) is 1. The first kappa shape index (κ1) is 20.0. The summed E-state index contributed by atoms with van der Waals surface area (Å²) in [5, 5.41) is 2.74. The number of hydrogen-bond donors (Lipinski definition) is 3. The molecular formula is C20H33N2O3P. The fourth-order valence-electron chi connectivity index (χ4n) is 4.65. The smallest absolute Gasteiger partial charge is 0.323 e. The van der Waals surface area contributed by atoms with Crippen molar-refractivity contribution in [1.29, 1.82) is 0 Å². The molecule has 5 nitrogen and oxygen atoms in total. The number of rotatable bonds is 8. The van der Waals surface area contributed by atoms with Crippen LogP contribution in [0.5, 0.6) is 0 Å². The van der Waals surface area contributed by atoms with Crippen LogP contribution in [0, 0.1) is 5.92 Å². The first-order chi connectivity index (χ1) is 12.4. The maximum absolute atomic E-state index is 12.1. The summed E-state index contributed by atoms with van der Waals surface area (Å²) < 4.78 is 12.1. The Kier molecular flexibility index (Phi) is 6.25. The highest BCUT2D eigenvalue weighted by molar-refractivity contribution is 7.53. The minimum absolute atomic E-state index is 0.498. The van der Waals surface area contributed by atoms with Gasteiger partial charge in [-0.3, -0.25) is 9.46 Å². The van der Waals surface area contributed by atoms with Gasteiger partial charge in [0.2, 0.25) is 0 Å². The predicted molar refractivity (Wildman–Crippen MR) is 105 cm³/mol. The number of hydrogen-bond acceptors (Lipinski definition) is 3. The lowest BCUT2D eigenvalue weighted by Gasteiger charge is -2.46. The zero-order chi connectivity index (χ0) is 18.8. The molecule has 0 bridgehead atoms. The Morgan fingerprint density at radius 1 is 1.15 bits per heavy atom. The van der Waals surface area contributed by atoms with E-state index < -0.39 is 12.9 Å². The average molecular weight is 380 g/mol. The van der Waals surface area contributed by atoms with Gasteiger partial charge in [-0.1, -0.05) is 44.2 Å². The van der Waals surface area contributed by atoms with Gasteiger partial charge in [0.15, 0.2) is 0 Å². The molecule has 1 saturated heterocycles. The third-order valence-electron chi connectivity index (χ3n) is 6.56. The quantitative estimate of drug-likeness (QED) is 0.602. The predicted octanol–water partition coefficient (Wildman–Crippen LogP) is 3.54. The van der Waals surface area contributed by atoms with E-state index in [4.69, 9.17) is 0 Å². The maximum Gasteiger partial charge on any atom is 0.345 e. The summed E-state index contributed by atoms with van der Waals surface area (Å²) >= 11 is 0. The maximum atomic E-state index is 12.1. The normalized spacial score (nSPS) is 25.4. The Bertz CT molecular complexity index is 621. The van der Waals surface area contributed by atoms with Gasteiger partial charge >= 0.3 is 7.60 Å². The van der Waals surface area contributed by atoms with Gasteiger partial charge < -0.3 is 15.1 Å². The minimum atomic E-state index is -4.15. The first-order valence-corrected chi connectivity index (χ1v) is 11.6. The number of benzene rings is 1. The molecule has 1 saturated carbocycles. The van der Waals surface area contributed by atoms with Crippen molar-refractivity contribution in [2.24, 2.45) is 5.92 Å². The van der Waals surface area contributed by atoms with Gasteiger partial charge in [-0.05, 0) is 63.2 Å². The average Bonchev–Trinajstić information content (AvgIpc) is 3.42. The molecule has 2 atom stereocenters. The third-order valence-corrected chi connectivity index (χ3v) is 8.56. The van der Waals surface area contributed by atoms with E-state index in [1.165, 1.54) is 12.0 Å². The third kappa shape index (κ3) is 4.07. The molecule has 26 heavy (non-hydrogen) atoms. The van der Waals surface area contributed by atoms with Crippen LogP contribution in [0.25, 0.3) is 0 Å². The SMILES string of the molecule is CCC(CC)(N1CCC(CN[C@@H]2C[C@H]2c2ccccc2)CC1)P(=O)(O)O. The van der Waals surface area contributed by atoms with E-state index in [-0.39, 0.29) is 0 Å². The summed E-state index contributed by atoms with van der Waals surface area (Å²) in [4.78, 5) is 21.9. The summed E-state index contributed by atoms with van der Waals surface area (Å²) in [6.45, 7) is 6.38. The molecule has 0 radical (unpaired) electrons. The summed E-state index contributed by atoms with van der Waals surface area (Å²) in [6, 6.07) is 11.3. The largest absolute Gasteiger partial charge is 0.345 e. The molecule has 0 unspecified atom stereocenters. The molecule has 6 heteroatoms. The molecule has 3 rings (SSSR count). The molecule has 3 N–H and O–H groups in total. The lowest BCUT2D eigenvalue weighted by molar-refractivity contribution is 0.0771. The molecular weight excluding hydrogens is 347 g/mol. The van der Waals surface area contributed by atoms with E-state index in [1.807, 2.05) is 13.8 Å². The molecule has 2 aliphatic rings. The van der Waals surface area contributed by atoms with Crippen molar-refractivity contribution in [3.8, 4) is 0 Å². The van der Waals surface area contributed by atoms with Gasteiger partial charge in [0.1, 0.15) is 5.28 Å². The van der Waals surface area contributed by atoms with E-state index in [9.17, 15) is 14.4 Å². The van der Waals surface area contributed by atoms with Crippen molar-refractivity contribution >= 4 is 7.60 Å². The van der Waals surface area contributed by atoms with E-state index in [0.29, 0.717) is 30.7 Å². The molecule has 1 heterocycles. The van der Waals surface area contributed by atoms with E-state index in [0.717, 1.165) is 32.5 Å². The van der Waals surface area contributed by atoms with Crippen LogP contribution in [0.3, 0.4) is 0 Å². The summed E-state index contributed by atoms with van der Waals surface area (Å²) in [5.41, 5.74) is 1.43. The Morgan fingerprint density at radius 3 is 2.31 bits per heavy atom. The van der Waals surface area contributed by atoms with Crippen molar-refractivity contribution in [2.45, 2.75) is 63.2 Å². The molecule has 1 aliphatic carbocycles. The molecule has 146 valence electrons. The van der Waals surface area contributed by atoms with Gasteiger partial charge in [-0.15, -0.1) is 0 Å². The van der Waals surface area contributed by atoms with Crippen LogP contribution in [0.2, 0.25) is 0 Å². The summed E-state index contributed by atoms with van der Waals surface area (Å²) in [5.74, 6) is 1.25. The summed E-state index contributed by atoms with van der Waals surface area (Å²) in [6.07, 6.45) is 4.24. The van der Waals surface area contributed by atoms with Crippen molar-refractivity contribution in [1.82, 2.24) is 10.2 Å². The second kappa shape index (κ2) is 8.12. The lowest BCUT2D eigenvalue weighted by Crippen LogP contribution is -2.51. The fourth-order valence-corrected chi connectivity index (χ4v) is 6.05. The van der Waals surface area contributed by atoms with Crippen molar-refractivity contribution in [3.05, 3.63) is 35.9 Å². The Balaban J connectivity index is 1.47. The fraction of sp³-hybridized carbons (Fsp3) is 0.700. The molecule has 1 aromatic rings. The van der Waals surface area contributed by atoms with Crippen molar-refractivity contribution in [3.63, 3.8) is 0 Å². The highest BCUT2D eigenvalue weighted by atomic mass is 31.2. The monoisotopic (exact) mass is 380 g/mol. The van der Waals surface area contributed by atoms with Gasteiger partial charge in [0, 0.05) is 12.0 Å². The van der Waals surface area contributed by atoms with Gasteiger partial charge in [0.25, 0.3) is 0 Å². The standard InChI is InChI=1S/C20H33N2O3P/c1-3-20(4-2,26(23,24)25)22-12-10-16(11-13-22)15-21-19-14-18(19)17-8-6-5-7-9-17/h5-9,16,18-19,21H,3-4,10-15H2,1-2H3,(H2,23,24,25)/t18-,19+/m0/s1. The second-order valence-corrected chi connectivity index (χ2v) is 9.85. The van der Waals surface area contributed by atoms with Crippen LogP contribution in [-0.4, -0.2) is 45.6 Å². The van der Waals surface area contributed by atoms with Crippen LogP contribution in [0.15, 0.2) is 30.3 Å². The summed E-state index contributed by atoms with van der Waals surface area (Å²) in [7, 11) is -4.15. The zero-order valence-corrected chi connectivity index (χ0v) is 16.9.